The standard InChI is InChI=1S/C19H18O7/c1-23-15-5-3-11(7-17(15)24-2)13(19(21)22)9-14(20)12-4-6-16-18(8-12)26-10-25-16/h3-8,13H,9-10H2,1-2H3,(H,21,22). The molecule has 2 aromatic carbocycles. The maximum Gasteiger partial charge on any atom is 0.311 e. The first kappa shape index (κ1) is 17.6. The number of ketones is 1. The van der Waals surface area contributed by atoms with Gasteiger partial charge in [-0.2, -0.15) is 0 Å². The number of carbonyl (C=O) groups is 2. The molecule has 0 amide bonds. The van der Waals surface area contributed by atoms with Crippen LogP contribution in [0.2, 0.25) is 0 Å². The lowest BCUT2D eigenvalue weighted by atomic mass is 9.91. The van der Waals surface area contributed by atoms with Gasteiger partial charge in [-0.25, -0.2) is 0 Å². The van der Waals surface area contributed by atoms with Crippen LogP contribution in [0.25, 0.3) is 0 Å². The molecule has 7 heteroatoms. The van der Waals surface area contributed by atoms with Crippen LogP contribution in [-0.4, -0.2) is 37.9 Å². The number of ether oxygens (including phenoxy) is 4. The maximum atomic E-state index is 12.6. The van der Waals surface area contributed by atoms with Crippen LogP contribution < -0.4 is 18.9 Å². The van der Waals surface area contributed by atoms with Crippen molar-refractivity contribution in [2.75, 3.05) is 21.0 Å². The highest BCUT2D eigenvalue weighted by Gasteiger charge is 2.26. The number of Topliss-reactive ketones (excluding diaryl/α,β-unsaturated/α-hetero) is 1. The Labute approximate surface area is 150 Å². The van der Waals surface area contributed by atoms with Crippen molar-refractivity contribution in [2.45, 2.75) is 12.3 Å². The number of fused-ring (bicyclic) bond motifs is 1. The fourth-order valence-electron chi connectivity index (χ4n) is 2.79. The van der Waals surface area contributed by atoms with Gasteiger partial charge in [-0.1, -0.05) is 6.07 Å². The van der Waals surface area contributed by atoms with Gasteiger partial charge in [-0.15, -0.1) is 0 Å². The summed E-state index contributed by atoms with van der Waals surface area (Å²) in [6.45, 7) is 0.108. The monoisotopic (exact) mass is 358 g/mol. The molecule has 7 nitrogen and oxygen atoms in total. The molecule has 0 saturated heterocycles. The van der Waals surface area contributed by atoms with Gasteiger partial charge in [-0.05, 0) is 35.9 Å². The number of hydrogen-bond donors (Lipinski definition) is 1. The molecule has 1 aliphatic rings. The molecule has 0 aromatic heterocycles. The lowest BCUT2D eigenvalue weighted by Gasteiger charge is -2.15. The number of hydrogen-bond acceptors (Lipinski definition) is 6. The summed E-state index contributed by atoms with van der Waals surface area (Å²) in [5, 5.41) is 9.60. The van der Waals surface area contributed by atoms with Crippen molar-refractivity contribution < 1.29 is 33.6 Å². The lowest BCUT2D eigenvalue weighted by molar-refractivity contribution is -0.138. The number of carboxylic acid groups (broad SMARTS) is 1. The summed E-state index contributed by atoms with van der Waals surface area (Å²) in [7, 11) is 2.96. The first-order valence-electron chi connectivity index (χ1n) is 7.91. The zero-order valence-electron chi connectivity index (χ0n) is 14.4. The molecule has 0 radical (unpaired) electrons. The summed E-state index contributed by atoms with van der Waals surface area (Å²) in [5.74, 6) is -0.455. The van der Waals surface area contributed by atoms with Crippen LogP contribution in [-0.2, 0) is 4.79 Å². The van der Waals surface area contributed by atoms with E-state index in [4.69, 9.17) is 18.9 Å². The van der Waals surface area contributed by atoms with Gasteiger partial charge in [0.1, 0.15) is 0 Å². The molecular formula is C19H18O7. The van der Waals surface area contributed by atoms with E-state index in [9.17, 15) is 14.7 Å². The van der Waals surface area contributed by atoms with Crippen LogP contribution in [0.1, 0.15) is 28.3 Å². The third-order valence-corrected chi connectivity index (χ3v) is 4.19. The second-order valence-corrected chi connectivity index (χ2v) is 5.70. The predicted molar refractivity (Wildman–Crippen MR) is 91.4 cm³/mol. The van der Waals surface area contributed by atoms with Crippen LogP contribution >= 0.6 is 0 Å². The van der Waals surface area contributed by atoms with Crippen molar-refractivity contribution in [3.63, 3.8) is 0 Å². The van der Waals surface area contributed by atoms with E-state index in [1.165, 1.54) is 14.2 Å². The fraction of sp³-hybridized carbons (Fsp3) is 0.263. The summed E-state index contributed by atoms with van der Waals surface area (Å²) in [5.41, 5.74) is 0.838. The average molecular weight is 358 g/mol. The maximum absolute atomic E-state index is 12.6. The van der Waals surface area contributed by atoms with Gasteiger partial charge in [0.05, 0.1) is 20.1 Å². The fourth-order valence-corrected chi connectivity index (χ4v) is 2.79. The van der Waals surface area contributed by atoms with Gasteiger partial charge in [0.25, 0.3) is 0 Å². The van der Waals surface area contributed by atoms with Crippen molar-refractivity contribution >= 4 is 11.8 Å². The minimum atomic E-state index is -1.09. The van der Waals surface area contributed by atoms with E-state index in [0.29, 0.717) is 34.1 Å². The Morgan fingerprint density at radius 2 is 1.77 bits per heavy atom. The summed E-state index contributed by atoms with van der Waals surface area (Å²) in [6, 6.07) is 9.62. The molecule has 0 saturated carbocycles. The molecule has 0 bridgehead atoms. The van der Waals surface area contributed by atoms with Gasteiger partial charge in [0.15, 0.2) is 28.8 Å². The second kappa shape index (κ2) is 7.35. The highest BCUT2D eigenvalue weighted by Crippen LogP contribution is 2.35. The zero-order chi connectivity index (χ0) is 18.7. The van der Waals surface area contributed by atoms with Gasteiger partial charge in [0, 0.05) is 12.0 Å². The topological polar surface area (TPSA) is 91.3 Å². The van der Waals surface area contributed by atoms with Crippen LogP contribution in [0.5, 0.6) is 23.0 Å². The Morgan fingerprint density at radius 1 is 1.04 bits per heavy atom. The molecule has 1 atom stereocenters. The third kappa shape index (κ3) is 3.42. The van der Waals surface area contributed by atoms with E-state index in [1.807, 2.05) is 0 Å². The van der Waals surface area contributed by atoms with E-state index >= 15 is 0 Å². The highest BCUT2D eigenvalue weighted by atomic mass is 16.7. The van der Waals surface area contributed by atoms with E-state index in [0.717, 1.165) is 0 Å². The molecule has 2 aromatic rings. The molecule has 0 aliphatic carbocycles. The minimum absolute atomic E-state index is 0.108. The summed E-state index contributed by atoms with van der Waals surface area (Å²) < 4.78 is 20.8. The Bertz CT molecular complexity index is 844. The number of carbonyl (C=O) groups excluding carboxylic acids is 1. The van der Waals surface area contributed by atoms with Gasteiger partial charge in [-0.3, -0.25) is 9.59 Å². The van der Waals surface area contributed by atoms with E-state index in [1.54, 1.807) is 36.4 Å². The first-order valence-corrected chi connectivity index (χ1v) is 7.91. The average Bonchev–Trinajstić information content (AvgIpc) is 3.12. The molecule has 3 rings (SSSR count). The summed E-state index contributed by atoms with van der Waals surface area (Å²) in [4.78, 5) is 24.3. The molecular weight excluding hydrogens is 340 g/mol. The van der Waals surface area contributed by atoms with Crippen molar-refractivity contribution in [2.24, 2.45) is 0 Å². The van der Waals surface area contributed by atoms with E-state index in [2.05, 4.69) is 0 Å². The molecule has 0 fully saturated rings. The molecule has 1 aliphatic heterocycles. The minimum Gasteiger partial charge on any atom is -0.493 e. The van der Waals surface area contributed by atoms with Crippen LogP contribution in [0, 0.1) is 0 Å². The third-order valence-electron chi connectivity index (χ3n) is 4.19. The number of methoxy groups -OCH3 is 2. The lowest BCUT2D eigenvalue weighted by Crippen LogP contribution is -2.16. The van der Waals surface area contributed by atoms with Crippen LogP contribution in [0.4, 0.5) is 0 Å². The summed E-state index contributed by atoms with van der Waals surface area (Å²) in [6.07, 6.45) is -0.190. The highest BCUT2D eigenvalue weighted by molar-refractivity contribution is 5.99. The molecule has 1 N–H and O–H groups in total. The number of rotatable bonds is 7. The number of benzene rings is 2. The van der Waals surface area contributed by atoms with Crippen LogP contribution in [0.3, 0.4) is 0 Å². The molecule has 136 valence electrons. The predicted octanol–water partition coefficient (Wildman–Crippen LogP) is 2.87. The van der Waals surface area contributed by atoms with Crippen molar-refractivity contribution in [1.82, 2.24) is 0 Å². The van der Waals surface area contributed by atoms with Crippen molar-refractivity contribution in [3.8, 4) is 23.0 Å². The molecule has 1 heterocycles. The Balaban J connectivity index is 1.85. The van der Waals surface area contributed by atoms with E-state index < -0.39 is 11.9 Å². The second-order valence-electron chi connectivity index (χ2n) is 5.70. The molecule has 1 unspecified atom stereocenters. The van der Waals surface area contributed by atoms with Crippen LogP contribution in [0.15, 0.2) is 36.4 Å². The number of aliphatic carboxylic acids is 1. The Morgan fingerprint density at radius 3 is 2.46 bits per heavy atom. The van der Waals surface area contributed by atoms with Crippen molar-refractivity contribution in [1.29, 1.82) is 0 Å². The van der Waals surface area contributed by atoms with Gasteiger partial charge < -0.3 is 24.1 Å². The van der Waals surface area contributed by atoms with Gasteiger partial charge >= 0.3 is 5.97 Å². The molecule has 26 heavy (non-hydrogen) atoms. The summed E-state index contributed by atoms with van der Waals surface area (Å²) >= 11 is 0. The first-order chi connectivity index (χ1) is 12.5. The Kier molecular flexibility index (Phi) is 4.97. The quantitative estimate of drug-likeness (QED) is 0.761. The van der Waals surface area contributed by atoms with Crippen molar-refractivity contribution in [3.05, 3.63) is 47.5 Å². The SMILES string of the molecule is COc1ccc(C(CC(=O)c2ccc3c(c2)OCO3)C(=O)O)cc1OC. The Hall–Kier alpha value is -3.22. The van der Waals surface area contributed by atoms with E-state index in [-0.39, 0.29) is 19.0 Å². The largest absolute Gasteiger partial charge is 0.493 e. The number of carboxylic acids is 1. The zero-order valence-corrected chi connectivity index (χ0v) is 14.4. The smallest absolute Gasteiger partial charge is 0.311 e. The molecule has 0 spiro atoms. The van der Waals surface area contributed by atoms with Gasteiger partial charge in [0.2, 0.25) is 6.79 Å². The normalized spacial score (nSPS) is 13.2.